The van der Waals surface area contributed by atoms with Crippen molar-refractivity contribution in [2.24, 2.45) is 10.4 Å². The number of nitrogens with one attached hydrogen (secondary N) is 3. The Balaban J connectivity index is 0.804. The number of amides is 5. The standard InChI is InChI=1S/C50H59ClN10O7S2/c1-27-29(3)70-49-42(27)43(32-12-14-34(51)15-13-32)55-37(46-58-57-30(4)61(46)49)21-39(63)54-35-16-18-59(23-35)41(65)17-19-68-25-40(64)56-45(50(5,6)7)48(67)60-24-36(62)20-38(60)47(66)52-22-31-8-10-33(11-9-31)44-28(2)53-26-69-44/h8-15,26,35-38,45,62H,16-25H2,1-7H3,(H,52,66)(H,54,63)(H,56,64)/t35-,36+,37-,38-,45+/m0/s1. The smallest absolute Gasteiger partial charge is 0.246 e. The molecule has 0 radical (unpaired) electrons. The number of thiophene rings is 1. The van der Waals surface area contributed by atoms with Gasteiger partial charge in [0.25, 0.3) is 0 Å². The number of aliphatic hydroxyl groups excluding tert-OH is 1. The van der Waals surface area contributed by atoms with Crippen molar-refractivity contribution >= 4 is 69.5 Å². The molecule has 3 aliphatic heterocycles. The fraction of sp³-hybridized carbons (Fsp3) is 0.460. The minimum Gasteiger partial charge on any atom is -0.391 e. The van der Waals surface area contributed by atoms with E-state index in [4.69, 9.17) is 21.3 Å². The molecular weight excluding hydrogens is 952 g/mol. The molecule has 3 aliphatic rings. The quantitative estimate of drug-likeness (QED) is 0.0960. The largest absolute Gasteiger partial charge is 0.391 e. The van der Waals surface area contributed by atoms with Crippen molar-refractivity contribution in [2.45, 2.75) is 111 Å². The van der Waals surface area contributed by atoms with Crippen LogP contribution in [0.25, 0.3) is 15.4 Å². The maximum Gasteiger partial charge on any atom is 0.246 e. The molecule has 0 bridgehead atoms. The van der Waals surface area contributed by atoms with Crippen LogP contribution in [0.15, 0.2) is 59.0 Å². The molecule has 20 heteroatoms. The third kappa shape index (κ3) is 11.2. The number of nitrogens with zero attached hydrogens (tertiary/aromatic N) is 7. The van der Waals surface area contributed by atoms with Crippen molar-refractivity contribution in [1.29, 1.82) is 0 Å². The molecule has 5 amide bonds. The number of β-amino-alcohol motifs (C(OH)–C–C–N with tert-alkyl or cyclic N) is 1. The summed E-state index contributed by atoms with van der Waals surface area (Å²) < 4.78 is 7.63. The predicted molar refractivity (Wildman–Crippen MR) is 268 cm³/mol. The number of aliphatic hydroxyl groups is 1. The van der Waals surface area contributed by atoms with Crippen LogP contribution in [0.2, 0.25) is 5.02 Å². The molecule has 2 fully saturated rings. The van der Waals surface area contributed by atoms with E-state index in [0.29, 0.717) is 36.2 Å². The highest BCUT2D eigenvalue weighted by molar-refractivity contribution is 7.15. The van der Waals surface area contributed by atoms with Gasteiger partial charge in [-0.3, -0.25) is 33.5 Å². The Hall–Kier alpha value is -5.86. The van der Waals surface area contributed by atoms with E-state index in [0.717, 1.165) is 54.0 Å². The third-order valence-electron chi connectivity index (χ3n) is 13.0. The van der Waals surface area contributed by atoms with E-state index < -0.39 is 54.0 Å². The lowest BCUT2D eigenvalue weighted by Gasteiger charge is -2.35. The summed E-state index contributed by atoms with van der Waals surface area (Å²) in [6.45, 7) is 13.9. The average molecular weight is 1010 g/mol. The van der Waals surface area contributed by atoms with Crippen LogP contribution in [-0.2, 0) is 35.3 Å². The van der Waals surface area contributed by atoms with Crippen molar-refractivity contribution in [1.82, 2.24) is 45.5 Å². The SMILES string of the molecule is Cc1ncsc1-c1ccc(CNC(=O)[C@@H]2C[C@@H](O)CN2C(=O)[C@@H](NC(=O)COCCC(=O)N2CC[C@H](NC(=O)C[C@@H]3N=C(c4ccc(Cl)cc4)c4c(sc(C)c4C)-n4c(C)nnc43)C2)C(C)(C)C)cc1. The summed E-state index contributed by atoms with van der Waals surface area (Å²) in [5.74, 6) is -0.580. The number of halogens is 1. The highest BCUT2D eigenvalue weighted by Gasteiger charge is 2.44. The first-order valence-electron chi connectivity index (χ1n) is 23.4. The fourth-order valence-corrected chi connectivity index (χ4v) is 11.3. The molecular formula is C50H59ClN10O7S2. The lowest BCUT2D eigenvalue weighted by molar-refractivity contribution is -0.144. The molecule has 370 valence electrons. The van der Waals surface area contributed by atoms with Gasteiger partial charge in [-0.25, -0.2) is 4.98 Å². The summed E-state index contributed by atoms with van der Waals surface area (Å²) in [5.41, 5.74) is 7.61. The predicted octanol–water partition coefficient (Wildman–Crippen LogP) is 5.55. The van der Waals surface area contributed by atoms with Gasteiger partial charge in [-0.15, -0.1) is 32.9 Å². The monoisotopic (exact) mass is 1010 g/mol. The van der Waals surface area contributed by atoms with Gasteiger partial charge >= 0.3 is 0 Å². The molecule has 6 heterocycles. The first kappa shape index (κ1) is 50.5. The molecule has 2 aromatic carbocycles. The minimum absolute atomic E-state index is 0.0102. The molecule has 0 aliphatic carbocycles. The van der Waals surface area contributed by atoms with Crippen molar-refractivity contribution in [3.63, 3.8) is 0 Å². The van der Waals surface area contributed by atoms with Crippen molar-refractivity contribution in [3.8, 4) is 15.4 Å². The number of aliphatic imine (C=N–C) groups is 1. The molecule has 0 spiro atoms. The molecule has 5 atom stereocenters. The Morgan fingerprint density at radius 3 is 2.39 bits per heavy atom. The fourth-order valence-electron chi connectivity index (χ4n) is 9.16. The van der Waals surface area contributed by atoms with Gasteiger partial charge in [-0.05, 0) is 68.4 Å². The minimum atomic E-state index is -1.03. The van der Waals surface area contributed by atoms with Gasteiger partial charge in [0.05, 0.1) is 47.3 Å². The zero-order valence-electron chi connectivity index (χ0n) is 40.4. The number of hydrogen-bond donors (Lipinski definition) is 4. The number of rotatable bonds is 15. The number of carbonyl (C=O) groups is 5. The second kappa shape index (κ2) is 21.2. The zero-order valence-corrected chi connectivity index (χ0v) is 42.8. The molecule has 17 nitrogen and oxygen atoms in total. The van der Waals surface area contributed by atoms with Gasteiger partial charge in [0.2, 0.25) is 29.5 Å². The number of aryl methyl sites for hydroxylation is 3. The molecule has 4 N–H and O–H groups in total. The molecule has 0 saturated carbocycles. The Bertz CT molecular complexity index is 2800. The van der Waals surface area contributed by atoms with E-state index in [1.165, 1.54) is 4.90 Å². The number of thiazole rings is 1. The normalized spacial score (nSPS) is 19.2. The van der Waals surface area contributed by atoms with E-state index in [9.17, 15) is 29.1 Å². The Kier molecular flexibility index (Phi) is 15.3. The van der Waals surface area contributed by atoms with Crippen molar-refractivity contribution in [3.05, 3.63) is 104 Å². The van der Waals surface area contributed by atoms with E-state index in [-0.39, 0.29) is 56.8 Å². The first-order chi connectivity index (χ1) is 33.4. The van der Waals surface area contributed by atoms with Crippen LogP contribution in [-0.4, -0.2) is 127 Å². The van der Waals surface area contributed by atoms with Gasteiger partial charge in [-0.1, -0.05) is 68.8 Å². The Morgan fingerprint density at radius 1 is 0.957 bits per heavy atom. The second-order valence-electron chi connectivity index (χ2n) is 19.2. The molecule has 8 rings (SSSR count). The number of fused-ring (bicyclic) bond motifs is 3. The average Bonchev–Trinajstić information content (AvgIpc) is 4.17. The first-order valence-corrected chi connectivity index (χ1v) is 25.5. The van der Waals surface area contributed by atoms with E-state index >= 15 is 0 Å². The van der Waals surface area contributed by atoms with Crippen LogP contribution in [0.1, 0.15) is 97.0 Å². The summed E-state index contributed by atoms with van der Waals surface area (Å²) >= 11 is 9.46. The molecule has 5 aromatic rings. The lowest BCUT2D eigenvalue weighted by Crippen LogP contribution is -2.58. The maximum atomic E-state index is 14.1. The van der Waals surface area contributed by atoms with Crippen LogP contribution in [0, 0.1) is 33.1 Å². The highest BCUT2D eigenvalue weighted by atomic mass is 35.5. The number of hydrogen-bond acceptors (Lipinski definition) is 13. The summed E-state index contributed by atoms with van der Waals surface area (Å²) in [7, 11) is 0. The van der Waals surface area contributed by atoms with Crippen LogP contribution < -0.4 is 16.0 Å². The van der Waals surface area contributed by atoms with Crippen LogP contribution >= 0.6 is 34.3 Å². The Morgan fingerprint density at radius 2 is 1.69 bits per heavy atom. The summed E-state index contributed by atoms with van der Waals surface area (Å²) in [4.78, 5) is 82.6. The van der Waals surface area contributed by atoms with E-state index in [1.807, 2.05) is 66.9 Å². The van der Waals surface area contributed by atoms with Crippen LogP contribution in [0.5, 0.6) is 0 Å². The van der Waals surface area contributed by atoms with Gasteiger partial charge < -0.3 is 35.6 Å². The van der Waals surface area contributed by atoms with Gasteiger partial charge in [0.1, 0.15) is 35.6 Å². The number of carbonyl (C=O) groups excluding carboxylic acids is 5. The molecule has 3 aromatic heterocycles. The van der Waals surface area contributed by atoms with Crippen LogP contribution in [0.3, 0.4) is 0 Å². The number of benzene rings is 2. The lowest BCUT2D eigenvalue weighted by atomic mass is 9.85. The van der Waals surface area contributed by atoms with Crippen LogP contribution in [0.4, 0.5) is 0 Å². The van der Waals surface area contributed by atoms with Gasteiger partial charge in [-0.2, -0.15) is 0 Å². The van der Waals surface area contributed by atoms with Gasteiger partial charge in [0.15, 0.2) is 5.82 Å². The molecule has 0 unspecified atom stereocenters. The number of likely N-dealkylation sites (tertiary alicyclic amines) is 2. The van der Waals surface area contributed by atoms with E-state index in [2.05, 4.69) is 45.0 Å². The Labute approximate surface area is 420 Å². The zero-order chi connectivity index (χ0) is 50.0. The highest BCUT2D eigenvalue weighted by Crippen LogP contribution is 2.40. The molecule has 2 saturated heterocycles. The topological polar surface area (TPSA) is 213 Å². The summed E-state index contributed by atoms with van der Waals surface area (Å²) in [6, 6.07) is 12.5. The van der Waals surface area contributed by atoms with Crippen molar-refractivity contribution < 1.29 is 33.8 Å². The van der Waals surface area contributed by atoms with Gasteiger partial charge in [0, 0.05) is 59.7 Å². The molecule has 70 heavy (non-hydrogen) atoms. The summed E-state index contributed by atoms with van der Waals surface area (Å²) in [5, 5.41) is 29.9. The number of ether oxygens (including phenoxy) is 1. The maximum absolute atomic E-state index is 14.1. The van der Waals surface area contributed by atoms with E-state index in [1.54, 1.807) is 53.9 Å². The second-order valence-corrected chi connectivity index (χ2v) is 21.7. The third-order valence-corrected chi connectivity index (χ3v) is 15.5. The van der Waals surface area contributed by atoms with Crippen molar-refractivity contribution in [2.75, 3.05) is 32.8 Å². The summed E-state index contributed by atoms with van der Waals surface area (Å²) in [6.07, 6.45) is -0.247. The number of aromatic nitrogens is 4.